The van der Waals surface area contributed by atoms with E-state index in [1.807, 2.05) is 38.1 Å². The van der Waals surface area contributed by atoms with E-state index in [-0.39, 0.29) is 35.8 Å². The van der Waals surface area contributed by atoms with E-state index in [1.165, 1.54) is 6.42 Å². The molecule has 5 nitrogen and oxygen atoms in total. The van der Waals surface area contributed by atoms with Crippen LogP contribution in [0.1, 0.15) is 46.1 Å². The Labute approximate surface area is 169 Å². The SMILES string of the molecule is CCCCN(C)C(=NCc1ccc(NC(=O)C(C)C)cc1)NCC.I. The number of aliphatic imine (C=N–C) groups is 1. The van der Waals surface area contributed by atoms with Crippen molar-refractivity contribution in [2.24, 2.45) is 10.9 Å². The minimum absolute atomic E-state index is 0. The summed E-state index contributed by atoms with van der Waals surface area (Å²) in [5.74, 6) is 0.950. The monoisotopic (exact) mass is 460 g/mol. The van der Waals surface area contributed by atoms with Crippen LogP contribution in [0.25, 0.3) is 0 Å². The highest BCUT2D eigenvalue weighted by molar-refractivity contribution is 14.0. The van der Waals surface area contributed by atoms with E-state index in [1.54, 1.807) is 0 Å². The summed E-state index contributed by atoms with van der Waals surface area (Å²) in [5.41, 5.74) is 1.95. The van der Waals surface area contributed by atoms with Crippen molar-refractivity contribution in [3.05, 3.63) is 29.8 Å². The summed E-state index contributed by atoms with van der Waals surface area (Å²) in [4.78, 5) is 18.6. The Morgan fingerprint density at radius 3 is 2.36 bits per heavy atom. The molecule has 0 aliphatic carbocycles. The number of guanidine groups is 1. The third-order valence-corrected chi connectivity index (χ3v) is 3.70. The summed E-state index contributed by atoms with van der Waals surface area (Å²) in [7, 11) is 2.07. The Morgan fingerprint density at radius 1 is 1.20 bits per heavy atom. The van der Waals surface area contributed by atoms with Crippen LogP contribution in [-0.4, -0.2) is 36.9 Å². The molecule has 1 amide bonds. The summed E-state index contributed by atoms with van der Waals surface area (Å²) in [5, 5.41) is 6.23. The lowest BCUT2D eigenvalue weighted by atomic mass is 10.2. The predicted octanol–water partition coefficient (Wildman–Crippen LogP) is 4.10. The van der Waals surface area contributed by atoms with Crippen molar-refractivity contribution in [1.29, 1.82) is 0 Å². The van der Waals surface area contributed by atoms with Gasteiger partial charge in [0.15, 0.2) is 5.96 Å². The zero-order valence-electron chi connectivity index (χ0n) is 16.1. The highest BCUT2D eigenvalue weighted by atomic mass is 127. The molecule has 1 aromatic rings. The van der Waals surface area contributed by atoms with Crippen LogP contribution in [0, 0.1) is 5.92 Å². The average molecular weight is 460 g/mol. The van der Waals surface area contributed by atoms with Gasteiger partial charge in [0, 0.05) is 31.7 Å². The minimum atomic E-state index is -0.0180. The maximum absolute atomic E-state index is 11.7. The minimum Gasteiger partial charge on any atom is -0.357 e. The quantitative estimate of drug-likeness (QED) is 0.349. The molecule has 0 radical (unpaired) electrons. The molecule has 0 aromatic heterocycles. The topological polar surface area (TPSA) is 56.7 Å². The lowest BCUT2D eigenvalue weighted by Crippen LogP contribution is -2.39. The number of nitrogens with one attached hydrogen (secondary N) is 2. The first-order valence-corrected chi connectivity index (χ1v) is 8.87. The van der Waals surface area contributed by atoms with Gasteiger partial charge in [-0.05, 0) is 31.0 Å². The van der Waals surface area contributed by atoms with Crippen molar-refractivity contribution < 1.29 is 4.79 Å². The summed E-state index contributed by atoms with van der Waals surface area (Å²) in [6, 6.07) is 7.88. The van der Waals surface area contributed by atoms with Gasteiger partial charge in [-0.1, -0.05) is 39.3 Å². The lowest BCUT2D eigenvalue weighted by molar-refractivity contribution is -0.118. The van der Waals surface area contributed by atoms with Crippen LogP contribution in [0.4, 0.5) is 5.69 Å². The molecular weight excluding hydrogens is 427 g/mol. The van der Waals surface area contributed by atoms with Gasteiger partial charge >= 0.3 is 0 Å². The molecule has 6 heteroatoms. The number of hydrogen-bond donors (Lipinski definition) is 2. The number of carbonyl (C=O) groups is 1. The third-order valence-electron chi connectivity index (χ3n) is 3.70. The van der Waals surface area contributed by atoms with E-state index in [9.17, 15) is 4.79 Å². The molecule has 2 N–H and O–H groups in total. The Kier molecular flexibility index (Phi) is 12.3. The van der Waals surface area contributed by atoms with Crippen molar-refractivity contribution in [3.63, 3.8) is 0 Å². The van der Waals surface area contributed by atoms with Gasteiger partial charge in [0.25, 0.3) is 0 Å². The largest absolute Gasteiger partial charge is 0.357 e. The van der Waals surface area contributed by atoms with Gasteiger partial charge in [-0.15, -0.1) is 24.0 Å². The Balaban J connectivity index is 0.00000576. The second-order valence-electron chi connectivity index (χ2n) is 6.29. The molecule has 0 saturated carbocycles. The van der Waals surface area contributed by atoms with Crippen molar-refractivity contribution >= 4 is 41.5 Å². The molecule has 0 aliphatic rings. The van der Waals surface area contributed by atoms with Crippen molar-refractivity contribution in [2.75, 3.05) is 25.5 Å². The fourth-order valence-electron chi connectivity index (χ4n) is 2.12. The van der Waals surface area contributed by atoms with E-state index in [2.05, 4.69) is 36.4 Å². The summed E-state index contributed by atoms with van der Waals surface area (Å²) in [6.45, 7) is 10.5. The summed E-state index contributed by atoms with van der Waals surface area (Å²) >= 11 is 0. The van der Waals surface area contributed by atoms with Crippen LogP contribution >= 0.6 is 24.0 Å². The number of hydrogen-bond acceptors (Lipinski definition) is 2. The van der Waals surface area contributed by atoms with Crippen LogP contribution in [-0.2, 0) is 11.3 Å². The summed E-state index contributed by atoms with van der Waals surface area (Å²) < 4.78 is 0. The number of anilines is 1. The van der Waals surface area contributed by atoms with Crippen LogP contribution in [0.3, 0.4) is 0 Å². The second kappa shape index (κ2) is 13.0. The highest BCUT2D eigenvalue weighted by Crippen LogP contribution is 2.12. The van der Waals surface area contributed by atoms with Gasteiger partial charge in [-0.2, -0.15) is 0 Å². The average Bonchev–Trinajstić information content (AvgIpc) is 2.57. The van der Waals surface area contributed by atoms with Gasteiger partial charge < -0.3 is 15.5 Å². The zero-order chi connectivity index (χ0) is 17.9. The number of carbonyl (C=O) groups excluding carboxylic acids is 1. The molecule has 0 bridgehead atoms. The number of amides is 1. The first-order chi connectivity index (χ1) is 11.5. The van der Waals surface area contributed by atoms with E-state index < -0.39 is 0 Å². The van der Waals surface area contributed by atoms with Crippen molar-refractivity contribution in [2.45, 2.75) is 47.1 Å². The molecule has 0 saturated heterocycles. The second-order valence-corrected chi connectivity index (χ2v) is 6.29. The molecule has 0 heterocycles. The molecule has 25 heavy (non-hydrogen) atoms. The van der Waals surface area contributed by atoms with Crippen molar-refractivity contribution in [1.82, 2.24) is 10.2 Å². The molecule has 142 valence electrons. The summed E-state index contributed by atoms with van der Waals surface area (Å²) in [6.07, 6.45) is 2.33. The van der Waals surface area contributed by atoms with Gasteiger partial charge in [0.05, 0.1) is 6.54 Å². The van der Waals surface area contributed by atoms with Gasteiger partial charge in [0.1, 0.15) is 0 Å². The number of rotatable bonds is 8. The predicted molar refractivity (Wildman–Crippen MR) is 118 cm³/mol. The molecule has 1 aromatic carbocycles. The fraction of sp³-hybridized carbons (Fsp3) is 0.579. The zero-order valence-corrected chi connectivity index (χ0v) is 18.5. The van der Waals surface area contributed by atoms with Crippen LogP contribution < -0.4 is 10.6 Å². The molecule has 0 spiro atoms. The van der Waals surface area contributed by atoms with Crippen LogP contribution in [0.5, 0.6) is 0 Å². The van der Waals surface area contributed by atoms with E-state index in [0.717, 1.165) is 36.7 Å². The first-order valence-electron chi connectivity index (χ1n) is 8.87. The normalized spacial score (nSPS) is 11.0. The molecular formula is C19H33IN4O. The maximum Gasteiger partial charge on any atom is 0.226 e. The fourth-order valence-corrected chi connectivity index (χ4v) is 2.12. The first kappa shape index (κ1) is 23.7. The van der Waals surface area contributed by atoms with Crippen LogP contribution in [0.15, 0.2) is 29.3 Å². The lowest BCUT2D eigenvalue weighted by Gasteiger charge is -2.21. The Hall–Kier alpha value is -1.31. The van der Waals surface area contributed by atoms with E-state index in [4.69, 9.17) is 4.99 Å². The Morgan fingerprint density at radius 2 is 1.84 bits per heavy atom. The number of halogens is 1. The maximum atomic E-state index is 11.7. The van der Waals surface area contributed by atoms with Gasteiger partial charge in [-0.3, -0.25) is 4.79 Å². The molecule has 0 unspecified atom stereocenters. The molecule has 0 aliphatic heterocycles. The highest BCUT2D eigenvalue weighted by Gasteiger charge is 2.07. The van der Waals surface area contributed by atoms with E-state index in [0.29, 0.717) is 6.54 Å². The number of nitrogens with zero attached hydrogens (tertiary/aromatic N) is 2. The Bertz CT molecular complexity index is 529. The van der Waals surface area contributed by atoms with Gasteiger partial charge in [0.2, 0.25) is 5.91 Å². The smallest absolute Gasteiger partial charge is 0.226 e. The van der Waals surface area contributed by atoms with Crippen LogP contribution in [0.2, 0.25) is 0 Å². The standard InChI is InChI=1S/C19H32N4O.HI/c1-6-8-13-23(5)19(20-7-2)21-14-16-9-11-17(12-10-16)22-18(24)15(3)4;/h9-12,15H,6-8,13-14H2,1-5H3,(H,20,21)(H,22,24);1H. The number of unbranched alkanes of at least 4 members (excludes halogenated alkanes) is 1. The van der Waals surface area contributed by atoms with E-state index >= 15 is 0 Å². The molecule has 1 rings (SSSR count). The van der Waals surface area contributed by atoms with Crippen molar-refractivity contribution in [3.8, 4) is 0 Å². The third kappa shape index (κ3) is 9.09. The van der Waals surface area contributed by atoms with Gasteiger partial charge in [-0.25, -0.2) is 4.99 Å². The molecule has 0 atom stereocenters. The molecule has 0 fully saturated rings. The number of benzene rings is 1.